The summed E-state index contributed by atoms with van der Waals surface area (Å²) in [5.41, 5.74) is 0.143. The number of hydrogen-bond donors (Lipinski definition) is 0. The van der Waals surface area contributed by atoms with Gasteiger partial charge in [-0.15, -0.1) is 0 Å². The molecule has 2 aliphatic rings. The fraction of sp³-hybridized carbons (Fsp3) is 0.579. The Bertz CT molecular complexity index is 662. The van der Waals surface area contributed by atoms with E-state index in [9.17, 15) is 10.1 Å². The van der Waals surface area contributed by atoms with Crippen LogP contribution in [-0.2, 0) is 14.9 Å². The number of carbonyl (C=O) groups excluding carboxylic acids is 1. The van der Waals surface area contributed by atoms with Gasteiger partial charge in [-0.25, -0.2) is 0 Å². The predicted molar refractivity (Wildman–Crippen MR) is 88.2 cm³/mol. The first-order chi connectivity index (χ1) is 11.6. The highest BCUT2D eigenvalue weighted by Crippen LogP contribution is 2.42. The van der Waals surface area contributed by atoms with Crippen molar-refractivity contribution in [1.29, 1.82) is 5.26 Å². The molecule has 0 radical (unpaired) electrons. The minimum absolute atomic E-state index is 0.0714. The zero-order valence-corrected chi connectivity index (χ0v) is 14.2. The van der Waals surface area contributed by atoms with Crippen LogP contribution in [0.1, 0.15) is 37.7 Å². The maximum atomic E-state index is 11.9. The number of nitrogens with zero attached hydrogens (tertiary/aromatic N) is 1. The highest BCUT2D eigenvalue weighted by molar-refractivity contribution is 5.84. The van der Waals surface area contributed by atoms with E-state index in [4.69, 9.17) is 14.2 Å². The molecule has 2 saturated carbocycles. The lowest BCUT2D eigenvalue weighted by Gasteiger charge is -2.34. The maximum absolute atomic E-state index is 11.9. The molecule has 1 aromatic carbocycles. The van der Waals surface area contributed by atoms with E-state index < -0.39 is 11.5 Å². The Labute approximate surface area is 142 Å². The molecule has 0 spiro atoms. The van der Waals surface area contributed by atoms with Gasteiger partial charge in [0.05, 0.1) is 25.2 Å². The first kappa shape index (κ1) is 16.8. The largest absolute Gasteiger partial charge is 0.493 e. The average Bonchev–Trinajstić information content (AvgIpc) is 3.45. The summed E-state index contributed by atoms with van der Waals surface area (Å²) >= 11 is 0. The van der Waals surface area contributed by atoms with E-state index in [-0.39, 0.29) is 5.78 Å². The molecule has 5 nitrogen and oxygen atoms in total. The zero-order valence-electron chi connectivity index (χ0n) is 14.2. The Balaban J connectivity index is 1.89. The van der Waals surface area contributed by atoms with E-state index in [2.05, 4.69) is 6.07 Å². The number of hydrogen-bond acceptors (Lipinski definition) is 5. The molecular weight excluding hydrogens is 306 g/mol. The molecular formula is C19H23NO4. The molecule has 0 N–H and O–H groups in total. The number of Topliss-reactive ketones (excluding diaryl/α,β-unsaturated/α-hetero) is 1. The van der Waals surface area contributed by atoms with Crippen LogP contribution in [0.2, 0.25) is 0 Å². The lowest BCUT2D eigenvalue weighted by Crippen LogP contribution is -2.40. The quantitative estimate of drug-likeness (QED) is 0.802. The van der Waals surface area contributed by atoms with Gasteiger partial charge in [0, 0.05) is 20.0 Å². The molecule has 128 valence electrons. The number of benzene rings is 1. The van der Waals surface area contributed by atoms with E-state index in [1.807, 2.05) is 18.2 Å². The molecule has 0 amide bonds. The molecule has 0 heterocycles. The number of carbonyl (C=O) groups is 1. The van der Waals surface area contributed by atoms with E-state index in [0.717, 1.165) is 5.56 Å². The molecule has 0 aliphatic heterocycles. The second kappa shape index (κ2) is 6.82. The second-order valence-electron chi connectivity index (χ2n) is 6.71. The van der Waals surface area contributed by atoms with E-state index in [1.54, 1.807) is 7.11 Å². The van der Waals surface area contributed by atoms with Gasteiger partial charge in [-0.1, -0.05) is 6.07 Å². The first-order valence-corrected chi connectivity index (χ1v) is 8.40. The fourth-order valence-corrected chi connectivity index (χ4v) is 3.25. The van der Waals surface area contributed by atoms with Crippen molar-refractivity contribution in [3.63, 3.8) is 0 Å². The van der Waals surface area contributed by atoms with Gasteiger partial charge in [-0.3, -0.25) is 4.79 Å². The van der Waals surface area contributed by atoms with Gasteiger partial charge in [0.15, 0.2) is 17.3 Å². The summed E-state index contributed by atoms with van der Waals surface area (Å²) in [5, 5.41) is 9.85. The van der Waals surface area contributed by atoms with Crippen LogP contribution in [0, 0.1) is 17.2 Å². The zero-order chi connectivity index (χ0) is 17.2. The summed E-state index contributed by atoms with van der Waals surface area (Å²) in [4.78, 5) is 11.9. The van der Waals surface area contributed by atoms with E-state index in [0.29, 0.717) is 43.3 Å². The summed E-state index contributed by atoms with van der Waals surface area (Å²) in [6, 6.07) is 8.07. The van der Waals surface area contributed by atoms with Crippen LogP contribution in [0.25, 0.3) is 0 Å². The van der Waals surface area contributed by atoms with Crippen LogP contribution in [0.4, 0.5) is 0 Å². The molecule has 0 bridgehead atoms. The molecule has 2 fully saturated rings. The summed E-state index contributed by atoms with van der Waals surface area (Å²) in [6.07, 6.45) is 3.15. The lowest BCUT2D eigenvalue weighted by atomic mass is 9.69. The van der Waals surface area contributed by atoms with Gasteiger partial charge < -0.3 is 14.2 Å². The fourth-order valence-electron chi connectivity index (χ4n) is 3.25. The van der Waals surface area contributed by atoms with Gasteiger partial charge in [0.25, 0.3) is 0 Å². The first-order valence-electron chi connectivity index (χ1n) is 8.40. The molecule has 24 heavy (non-hydrogen) atoms. The van der Waals surface area contributed by atoms with Crippen molar-refractivity contribution in [2.45, 2.75) is 43.6 Å². The van der Waals surface area contributed by atoms with Crippen LogP contribution in [0.15, 0.2) is 18.2 Å². The normalized spacial score (nSPS) is 26.7. The topological polar surface area (TPSA) is 68.5 Å². The number of ether oxygens (including phenoxy) is 3. The van der Waals surface area contributed by atoms with Gasteiger partial charge in [0.1, 0.15) is 6.10 Å². The van der Waals surface area contributed by atoms with Crippen molar-refractivity contribution >= 4 is 5.78 Å². The van der Waals surface area contributed by atoms with Crippen LogP contribution < -0.4 is 9.47 Å². The maximum Gasteiger partial charge on any atom is 0.161 e. The Morgan fingerprint density at radius 2 is 2.08 bits per heavy atom. The number of methoxy groups -OCH3 is 2. The predicted octanol–water partition coefficient (Wildman–Crippen LogP) is 3.01. The van der Waals surface area contributed by atoms with Gasteiger partial charge in [0.2, 0.25) is 0 Å². The summed E-state index contributed by atoms with van der Waals surface area (Å²) < 4.78 is 16.6. The average molecular weight is 329 g/mol. The highest BCUT2D eigenvalue weighted by atomic mass is 16.5. The van der Waals surface area contributed by atoms with E-state index in [1.165, 1.54) is 20.0 Å². The molecule has 2 unspecified atom stereocenters. The van der Waals surface area contributed by atoms with Crippen molar-refractivity contribution < 1.29 is 19.0 Å². The standard InChI is InChI=1S/C19H23NO4/c1-22-16-6-5-14(9-17(16)24-11-13-3-4-13)19(12-20)8-7-15(21)18(10-19)23-2/h5-6,9,13,18H,3-4,7-8,10-11H2,1-2H3. The molecule has 2 aliphatic carbocycles. The lowest BCUT2D eigenvalue weighted by molar-refractivity contribution is -0.132. The number of nitriles is 1. The van der Waals surface area contributed by atoms with Crippen molar-refractivity contribution in [2.75, 3.05) is 20.8 Å². The molecule has 0 aromatic heterocycles. The SMILES string of the molecule is COc1ccc(C2(C#N)CCC(=O)C(OC)C2)cc1OCC1CC1. The molecule has 5 heteroatoms. The third-order valence-corrected chi connectivity index (χ3v) is 5.08. The minimum Gasteiger partial charge on any atom is -0.493 e. The number of ketones is 1. The molecule has 3 rings (SSSR count). The third-order valence-electron chi connectivity index (χ3n) is 5.08. The Hall–Kier alpha value is -2.06. The van der Waals surface area contributed by atoms with Gasteiger partial charge in [-0.2, -0.15) is 5.26 Å². The second-order valence-corrected chi connectivity index (χ2v) is 6.71. The highest BCUT2D eigenvalue weighted by Gasteiger charge is 2.42. The van der Waals surface area contributed by atoms with Gasteiger partial charge >= 0.3 is 0 Å². The van der Waals surface area contributed by atoms with Crippen LogP contribution in [-0.4, -0.2) is 32.7 Å². The smallest absolute Gasteiger partial charge is 0.161 e. The monoisotopic (exact) mass is 329 g/mol. The third kappa shape index (κ3) is 3.25. The van der Waals surface area contributed by atoms with Crippen molar-refractivity contribution in [3.05, 3.63) is 23.8 Å². The van der Waals surface area contributed by atoms with Crippen LogP contribution in [0.3, 0.4) is 0 Å². The van der Waals surface area contributed by atoms with Crippen LogP contribution in [0.5, 0.6) is 11.5 Å². The summed E-state index contributed by atoms with van der Waals surface area (Å²) in [7, 11) is 3.13. The van der Waals surface area contributed by atoms with Crippen molar-refractivity contribution in [3.8, 4) is 17.6 Å². The van der Waals surface area contributed by atoms with E-state index >= 15 is 0 Å². The Morgan fingerprint density at radius 1 is 1.29 bits per heavy atom. The molecule has 2 atom stereocenters. The van der Waals surface area contributed by atoms with Crippen LogP contribution >= 0.6 is 0 Å². The Kier molecular flexibility index (Phi) is 4.77. The van der Waals surface area contributed by atoms with Gasteiger partial charge in [-0.05, 0) is 42.9 Å². The summed E-state index contributed by atoms with van der Waals surface area (Å²) in [5.74, 6) is 2.04. The number of rotatable bonds is 6. The summed E-state index contributed by atoms with van der Waals surface area (Å²) in [6.45, 7) is 0.679. The molecule has 0 saturated heterocycles. The minimum atomic E-state index is -0.724. The Morgan fingerprint density at radius 3 is 2.71 bits per heavy atom. The molecule has 1 aromatic rings. The van der Waals surface area contributed by atoms with Crippen molar-refractivity contribution in [2.24, 2.45) is 5.92 Å². The van der Waals surface area contributed by atoms with Crippen molar-refractivity contribution in [1.82, 2.24) is 0 Å².